The lowest BCUT2D eigenvalue weighted by atomic mass is 10.3. The van der Waals surface area contributed by atoms with Gasteiger partial charge in [-0.15, -0.1) is 0 Å². The van der Waals surface area contributed by atoms with E-state index in [9.17, 15) is 26.9 Å². The van der Waals surface area contributed by atoms with Crippen LogP contribution in [0.4, 0.5) is 11.4 Å². The molecule has 0 saturated carbocycles. The molecule has 0 atom stereocenters. The van der Waals surface area contributed by atoms with Crippen LogP contribution in [0.1, 0.15) is 0 Å². The molecule has 3 N–H and O–H groups in total. The molecule has 0 unspecified atom stereocenters. The van der Waals surface area contributed by atoms with Crippen molar-refractivity contribution in [1.29, 1.82) is 0 Å². The lowest BCUT2D eigenvalue weighted by molar-refractivity contribution is -0.384. The molecule has 0 heterocycles. The van der Waals surface area contributed by atoms with E-state index in [-0.39, 0.29) is 21.2 Å². The van der Waals surface area contributed by atoms with Gasteiger partial charge in [0.15, 0.2) is 0 Å². The van der Waals surface area contributed by atoms with Gasteiger partial charge >= 0.3 is 0 Å². The monoisotopic (exact) mass is 357 g/mol. The summed E-state index contributed by atoms with van der Waals surface area (Å²) >= 11 is 0. The molecule has 0 aromatic heterocycles. The number of anilines is 1. The Hall–Kier alpha value is -2.50. The quantitative estimate of drug-likeness (QED) is 0.603. The van der Waals surface area contributed by atoms with Gasteiger partial charge < -0.3 is 0 Å². The Morgan fingerprint density at radius 2 is 1.35 bits per heavy atom. The Morgan fingerprint density at radius 1 is 0.870 bits per heavy atom. The number of primary sulfonamides is 1. The summed E-state index contributed by atoms with van der Waals surface area (Å²) in [5.74, 6) is 0. The molecule has 0 spiro atoms. The second-order valence-corrected chi connectivity index (χ2v) is 7.67. The third-order valence-electron chi connectivity index (χ3n) is 2.79. The third kappa shape index (κ3) is 4.03. The molecule has 2 aromatic rings. The number of nitrogens with zero attached hydrogens (tertiary/aromatic N) is 1. The highest BCUT2D eigenvalue weighted by molar-refractivity contribution is 7.92. The lowest BCUT2D eigenvalue weighted by Gasteiger charge is -2.08. The number of nitrogens with two attached hydrogens (primary N) is 1. The summed E-state index contributed by atoms with van der Waals surface area (Å²) in [4.78, 5) is 9.54. The molecule has 0 aliphatic heterocycles. The van der Waals surface area contributed by atoms with Crippen LogP contribution in [0.5, 0.6) is 0 Å². The largest absolute Gasteiger partial charge is 0.280 e. The van der Waals surface area contributed by atoms with Gasteiger partial charge in [0.2, 0.25) is 10.0 Å². The van der Waals surface area contributed by atoms with Crippen LogP contribution in [-0.4, -0.2) is 21.8 Å². The van der Waals surface area contributed by atoms with Crippen LogP contribution in [0.25, 0.3) is 0 Å². The summed E-state index contributed by atoms with van der Waals surface area (Å²) in [5, 5.41) is 15.5. The smallest absolute Gasteiger partial charge is 0.269 e. The minimum Gasteiger partial charge on any atom is -0.280 e. The number of nitro groups is 1. The number of hydrogen-bond acceptors (Lipinski definition) is 6. The maximum Gasteiger partial charge on any atom is 0.269 e. The molecule has 2 aromatic carbocycles. The van der Waals surface area contributed by atoms with Crippen molar-refractivity contribution >= 4 is 31.4 Å². The van der Waals surface area contributed by atoms with Crippen LogP contribution in [0.2, 0.25) is 0 Å². The van der Waals surface area contributed by atoms with E-state index >= 15 is 0 Å². The Kier molecular flexibility index (Phi) is 4.36. The molecule has 2 rings (SSSR count). The normalized spacial score (nSPS) is 11.9. The zero-order chi connectivity index (χ0) is 17.3. The van der Waals surface area contributed by atoms with Gasteiger partial charge in [0, 0.05) is 17.8 Å². The topological polar surface area (TPSA) is 149 Å². The molecule has 0 bridgehead atoms. The summed E-state index contributed by atoms with van der Waals surface area (Å²) in [5.41, 5.74) is -0.0448. The van der Waals surface area contributed by atoms with Gasteiger partial charge in [-0.05, 0) is 36.4 Å². The van der Waals surface area contributed by atoms with Crippen molar-refractivity contribution in [2.75, 3.05) is 4.72 Å². The first-order valence-electron chi connectivity index (χ1n) is 6.00. The zero-order valence-electron chi connectivity index (χ0n) is 11.4. The van der Waals surface area contributed by atoms with Crippen molar-refractivity contribution in [3.63, 3.8) is 0 Å². The molecule has 0 aliphatic carbocycles. The predicted molar refractivity (Wildman–Crippen MR) is 81.7 cm³/mol. The van der Waals surface area contributed by atoms with E-state index in [2.05, 4.69) is 4.72 Å². The fourth-order valence-corrected chi connectivity index (χ4v) is 3.25. The first-order valence-corrected chi connectivity index (χ1v) is 9.03. The number of benzene rings is 2. The fourth-order valence-electron chi connectivity index (χ4n) is 1.67. The van der Waals surface area contributed by atoms with Crippen molar-refractivity contribution in [3.8, 4) is 0 Å². The Balaban J connectivity index is 2.26. The Labute approximate surface area is 132 Å². The molecule has 0 amide bonds. The molecule has 0 aliphatic rings. The summed E-state index contributed by atoms with van der Waals surface area (Å²) < 4.78 is 48.8. The van der Waals surface area contributed by atoms with Crippen molar-refractivity contribution in [2.45, 2.75) is 9.79 Å². The highest BCUT2D eigenvalue weighted by atomic mass is 32.2. The summed E-state index contributed by atoms with van der Waals surface area (Å²) in [6, 6.07) is 9.12. The van der Waals surface area contributed by atoms with Gasteiger partial charge in [-0.2, -0.15) is 0 Å². The average Bonchev–Trinajstić information content (AvgIpc) is 2.46. The number of hydrogen-bond donors (Lipinski definition) is 2. The van der Waals surface area contributed by atoms with E-state index in [1.165, 1.54) is 12.1 Å². The van der Waals surface area contributed by atoms with Crippen molar-refractivity contribution in [1.82, 2.24) is 0 Å². The highest BCUT2D eigenvalue weighted by Crippen LogP contribution is 2.20. The van der Waals surface area contributed by atoms with Gasteiger partial charge in [-0.3, -0.25) is 14.8 Å². The molecule has 0 fully saturated rings. The SMILES string of the molecule is NS(=O)(=O)c1ccc(S(=O)(=O)Nc2ccc([N+](=O)[O-])cc2)cc1. The molecular weight excluding hydrogens is 346 g/mol. The number of rotatable bonds is 5. The minimum atomic E-state index is -3.96. The standard InChI is InChI=1S/C12H11N3O6S2/c13-22(18,19)11-5-7-12(8-6-11)23(20,21)14-9-1-3-10(4-2-9)15(16)17/h1-8,14H,(H2,13,18,19). The number of non-ortho nitro benzene ring substituents is 1. The van der Waals surface area contributed by atoms with Crippen LogP contribution < -0.4 is 9.86 Å². The van der Waals surface area contributed by atoms with E-state index in [4.69, 9.17) is 5.14 Å². The van der Waals surface area contributed by atoms with Gasteiger partial charge in [0.05, 0.1) is 14.7 Å². The third-order valence-corrected chi connectivity index (χ3v) is 5.12. The van der Waals surface area contributed by atoms with Crippen LogP contribution in [0.3, 0.4) is 0 Å². The Bertz CT molecular complexity index is 935. The van der Waals surface area contributed by atoms with E-state index in [0.29, 0.717) is 0 Å². The number of sulfonamides is 2. The molecule has 23 heavy (non-hydrogen) atoms. The molecule has 122 valence electrons. The number of nitrogens with one attached hydrogen (secondary N) is 1. The van der Waals surface area contributed by atoms with E-state index in [0.717, 1.165) is 36.4 Å². The van der Waals surface area contributed by atoms with Crippen LogP contribution in [0, 0.1) is 10.1 Å². The lowest BCUT2D eigenvalue weighted by Crippen LogP contribution is -2.15. The molecule has 11 heteroatoms. The maximum absolute atomic E-state index is 12.2. The van der Waals surface area contributed by atoms with E-state index in [1.807, 2.05) is 0 Å². The van der Waals surface area contributed by atoms with E-state index in [1.54, 1.807) is 0 Å². The molecule has 9 nitrogen and oxygen atoms in total. The summed E-state index contributed by atoms with van der Waals surface area (Å²) in [6.07, 6.45) is 0. The summed E-state index contributed by atoms with van der Waals surface area (Å²) in [7, 11) is -7.88. The minimum absolute atomic E-state index is 0.131. The van der Waals surface area contributed by atoms with E-state index < -0.39 is 25.0 Å². The van der Waals surface area contributed by atoms with Crippen molar-refractivity contribution < 1.29 is 21.8 Å². The molecular formula is C12H11N3O6S2. The Morgan fingerprint density at radius 3 is 1.78 bits per heavy atom. The van der Waals surface area contributed by atoms with Gasteiger partial charge in [0.25, 0.3) is 15.7 Å². The maximum atomic E-state index is 12.2. The fraction of sp³-hybridized carbons (Fsp3) is 0. The van der Waals surface area contributed by atoms with Gasteiger partial charge in [-0.1, -0.05) is 0 Å². The zero-order valence-corrected chi connectivity index (χ0v) is 13.0. The first-order chi connectivity index (χ1) is 10.6. The second-order valence-electron chi connectivity index (χ2n) is 4.43. The van der Waals surface area contributed by atoms with Crippen LogP contribution in [0.15, 0.2) is 58.3 Å². The summed E-state index contributed by atoms with van der Waals surface area (Å²) in [6.45, 7) is 0. The number of nitro benzene ring substituents is 1. The first kappa shape index (κ1) is 16.9. The highest BCUT2D eigenvalue weighted by Gasteiger charge is 2.16. The van der Waals surface area contributed by atoms with Gasteiger partial charge in [0.1, 0.15) is 0 Å². The van der Waals surface area contributed by atoms with Crippen molar-refractivity contribution in [2.24, 2.45) is 5.14 Å². The second kappa shape index (κ2) is 5.95. The average molecular weight is 357 g/mol. The van der Waals surface area contributed by atoms with Crippen LogP contribution in [-0.2, 0) is 20.0 Å². The van der Waals surface area contributed by atoms with Crippen molar-refractivity contribution in [3.05, 3.63) is 58.6 Å². The van der Waals surface area contributed by atoms with Gasteiger partial charge in [-0.25, -0.2) is 22.0 Å². The molecule has 0 saturated heterocycles. The molecule has 0 radical (unpaired) electrons. The predicted octanol–water partition coefficient (Wildman–Crippen LogP) is 1.04. The van der Waals surface area contributed by atoms with Crippen LogP contribution >= 0.6 is 0 Å².